The summed E-state index contributed by atoms with van der Waals surface area (Å²) in [5.41, 5.74) is 1.83. The number of para-hydroxylation sites is 1. The number of halogens is 1. The number of hydrogen-bond acceptors (Lipinski definition) is 3. The number of amides is 1. The van der Waals surface area contributed by atoms with Gasteiger partial charge in [0.15, 0.2) is 5.78 Å². The van der Waals surface area contributed by atoms with Crippen molar-refractivity contribution in [2.24, 2.45) is 5.92 Å². The van der Waals surface area contributed by atoms with Gasteiger partial charge in [-0.2, -0.15) is 0 Å². The molecule has 0 spiro atoms. The van der Waals surface area contributed by atoms with Gasteiger partial charge in [0, 0.05) is 5.92 Å². The summed E-state index contributed by atoms with van der Waals surface area (Å²) >= 11 is 0. The predicted octanol–water partition coefficient (Wildman–Crippen LogP) is 6.70. The summed E-state index contributed by atoms with van der Waals surface area (Å²) in [4.78, 5) is 25.2. The molecule has 33 heavy (non-hydrogen) atoms. The monoisotopic (exact) mass is 445 g/mol. The maximum Gasteiger partial charge on any atom is 0.258 e. The van der Waals surface area contributed by atoms with Crippen LogP contribution in [0.1, 0.15) is 48.2 Å². The Balaban J connectivity index is 0.00000149. The van der Waals surface area contributed by atoms with Crippen LogP contribution in [0.25, 0.3) is 6.08 Å². The van der Waals surface area contributed by atoms with Gasteiger partial charge in [-0.25, -0.2) is 4.39 Å². The first-order chi connectivity index (χ1) is 16.0. The van der Waals surface area contributed by atoms with Crippen LogP contribution in [0.2, 0.25) is 0 Å². The molecule has 0 unspecified atom stereocenters. The summed E-state index contributed by atoms with van der Waals surface area (Å²) in [7, 11) is 0. The van der Waals surface area contributed by atoms with Crippen LogP contribution in [-0.4, -0.2) is 11.7 Å². The maximum absolute atomic E-state index is 14.0. The third kappa shape index (κ3) is 6.39. The van der Waals surface area contributed by atoms with Crippen molar-refractivity contribution in [3.63, 3.8) is 0 Å². The molecule has 1 amide bonds. The van der Waals surface area contributed by atoms with Crippen molar-refractivity contribution in [3.05, 3.63) is 101 Å². The molecule has 0 bridgehead atoms. The van der Waals surface area contributed by atoms with Gasteiger partial charge in [0.2, 0.25) is 0 Å². The summed E-state index contributed by atoms with van der Waals surface area (Å²) in [5, 5.41) is 2.61. The standard InChI is InChI=1S/C26H22FNO3.C2H6/c1-17-6-2-5-9-24(17)31-20-14-10-18(11-15-20)16-23(25(29)19-12-13-19)28-26(30)21-7-3-4-8-22(21)27;1-2/h2-11,14-16,19H,12-13H2,1H3,(H,28,30);1-2H3/b23-16-;. The first-order valence-corrected chi connectivity index (χ1v) is 11.2. The Labute approximate surface area is 194 Å². The fourth-order valence-electron chi connectivity index (χ4n) is 3.17. The fourth-order valence-corrected chi connectivity index (χ4v) is 3.17. The highest BCUT2D eigenvalue weighted by molar-refractivity contribution is 6.07. The van der Waals surface area contributed by atoms with E-state index in [-0.39, 0.29) is 23.0 Å². The second kappa shape index (κ2) is 11.2. The number of carbonyl (C=O) groups is 2. The number of hydrogen-bond donors (Lipinski definition) is 1. The van der Waals surface area contributed by atoms with Gasteiger partial charge in [-0.15, -0.1) is 0 Å². The van der Waals surface area contributed by atoms with E-state index >= 15 is 0 Å². The van der Waals surface area contributed by atoms with Crippen LogP contribution in [0.15, 0.2) is 78.5 Å². The average molecular weight is 446 g/mol. The minimum absolute atomic E-state index is 0.0872. The molecule has 4 nitrogen and oxygen atoms in total. The second-order valence-electron chi connectivity index (χ2n) is 7.57. The number of ketones is 1. The molecule has 0 radical (unpaired) electrons. The van der Waals surface area contributed by atoms with Gasteiger partial charge in [-0.05, 0) is 67.3 Å². The normalized spacial score (nSPS) is 12.9. The molecule has 0 aromatic heterocycles. The van der Waals surface area contributed by atoms with Crippen molar-refractivity contribution in [1.29, 1.82) is 0 Å². The van der Waals surface area contributed by atoms with Crippen LogP contribution >= 0.6 is 0 Å². The van der Waals surface area contributed by atoms with E-state index in [1.165, 1.54) is 18.2 Å². The average Bonchev–Trinajstić information content (AvgIpc) is 3.68. The van der Waals surface area contributed by atoms with Crippen LogP contribution < -0.4 is 10.1 Å². The molecule has 0 saturated heterocycles. The topological polar surface area (TPSA) is 55.4 Å². The highest BCUT2D eigenvalue weighted by Gasteiger charge is 2.32. The van der Waals surface area contributed by atoms with Crippen molar-refractivity contribution in [1.82, 2.24) is 5.32 Å². The SMILES string of the molecule is CC.Cc1ccccc1Oc1ccc(/C=C(\NC(=O)c2ccccc2F)C(=O)C2CC2)cc1. The van der Waals surface area contributed by atoms with Crippen LogP contribution in [0.3, 0.4) is 0 Å². The summed E-state index contributed by atoms with van der Waals surface area (Å²) in [5.74, 6) is -0.0565. The molecule has 0 heterocycles. The quantitative estimate of drug-likeness (QED) is 0.412. The summed E-state index contributed by atoms with van der Waals surface area (Å²) in [6.07, 6.45) is 3.22. The van der Waals surface area contributed by atoms with Gasteiger partial charge in [-0.3, -0.25) is 9.59 Å². The van der Waals surface area contributed by atoms with Crippen LogP contribution in [0, 0.1) is 18.7 Å². The van der Waals surface area contributed by atoms with Gasteiger partial charge in [-0.1, -0.05) is 56.3 Å². The van der Waals surface area contributed by atoms with Gasteiger partial charge >= 0.3 is 0 Å². The summed E-state index contributed by atoms with van der Waals surface area (Å²) in [6, 6.07) is 20.6. The number of benzene rings is 3. The van der Waals surface area contributed by atoms with Gasteiger partial charge in [0.25, 0.3) is 5.91 Å². The third-order valence-corrected chi connectivity index (χ3v) is 5.09. The number of rotatable bonds is 7. The Morgan fingerprint density at radius 3 is 2.21 bits per heavy atom. The van der Waals surface area contributed by atoms with Gasteiger partial charge in [0.05, 0.1) is 11.3 Å². The molecule has 4 rings (SSSR count). The van der Waals surface area contributed by atoms with Crippen molar-refractivity contribution in [2.75, 3.05) is 0 Å². The second-order valence-corrected chi connectivity index (χ2v) is 7.57. The van der Waals surface area contributed by atoms with Crippen molar-refractivity contribution < 1.29 is 18.7 Å². The molecular weight excluding hydrogens is 417 g/mol. The number of aryl methyl sites for hydroxylation is 1. The smallest absolute Gasteiger partial charge is 0.258 e. The lowest BCUT2D eigenvalue weighted by Gasteiger charge is -2.11. The van der Waals surface area contributed by atoms with E-state index in [1.54, 1.807) is 24.3 Å². The first kappa shape index (κ1) is 23.9. The van der Waals surface area contributed by atoms with E-state index in [4.69, 9.17) is 4.74 Å². The highest BCUT2D eigenvalue weighted by Crippen LogP contribution is 2.32. The van der Waals surface area contributed by atoms with Crippen molar-refractivity contribution in [3.8, 4) is 11.5 Å². The Kier molecular flexibility index (Phi) is 8.14. The van der Waals surface area contributed by atoms with E-state index in [0.717, 1.165) is 29.7 Å². The Morgan fingerprint density at radius 1 is 0.939 bits per heavy atom. The molecule has 3 aromatic carbocycles. The Bertz CT molecular complexity index is 1150. The number of Topliss-reactive ketones (excluding diaryl/α,β-unsaturated/α-hetero) is 1. The Hall–Kier alpha value is -3.73. The molecule has 1 aliphatic rings. The minimum atomic E-state index is -0.641. The van der Waals surface area contributed by atoms with E-state index in [9.17, 15) is 14.0 Å². The lowest BCUT2D eigenvalue weighted by molar-refractivity contribution is -0.116. The van der Waals surface area contributed by atoms with E-state index in [0.29, 0.717) is 5.75 Å². The molecule has 1 fully saturated rings. The van der Waals surface area contributed by atoms with Gasteiger partial charge < -0.3 is 10.1 Å². The number of carbonyl (C=O) groups excluding carboxylic acids is 2. The zero-order valence-corrected chi connectivity index (χ0v) is 19.1. The highest BCUT2D eigenvalue weighted by atomic mass is 19.1. The molecular formula is C28H28FNO3. The minimum Gasteiger partial charge on any atom is -0.457 e. The maximum atomic E-state index is 14.0. The molecule has 5 heteroatoms. The van der Waals surface area contributed by atoms with E-state index in [2.05, 4.69) is 5.32 Å². The number of ether oxygens (including phenoxy) is 1. The van der Waals surface area contributed by atoms with Crippen LogP contribution in [-0.2, 0) is 4.79 Å². The molecule has 1 saturated carbocycles. The zero-order chi connectivity index (χ0) is 23.8. The van der Waals surface area contributed by atoms with E-state index in [1.807, 2.05) is 57.2 Å². The largest absolute Gasteiger partial charge is 0.457 e. The summed E-state index contributed by atoms with van der Waals surface area (Å²) in [6.45, 7) is 5.97. The molecule has 1 N–H and O–H groups in total. The van der Waals surface area contributed by atoms with Crippen molar-refractivity contribution in [2.45, 2.75) is 33.6 Å². The number of allylic oxidation sites excluding steroid dienone is 1. The van der Waals surface area contributed by atoms with Crippen LogP contribution in [0.5, 0.6) is 11.5 Å². The predicted molar refractivity (Wildman–Crippen MR) is 129 cm³/mol. The molecule has 0 atom stereocenters. The molecule has 3 aromatic rings. The van der Waals surface area contributed by atoms with Crippen LogP contribution in [0.4, 0.5) is 4.39 Å². The molecule has 1 aliphatic carbocycles. The lowest BCUT2D eigenvalue weighted by Crippen LogP contribution is -2.28. The zero-order valence-electron chi connectivity index (χ0n) is 19.1. The summed E-state index contributed by atoms with van der Waals surface area (Å²) < 4.78 is 19.9. The Morgan fingerprint density at radius 2 is 1.58 bits per heavy atom. The fraction of sp³-hybridized carbons (Fsp3) is 0.214. The molecule has 0 aliphatic heterocycles. The number of nitrogens with one attached hydrogen (secondary N) is 1. The molecule has 170 valence electrons. The van der Waals surface area contributed by atoms with Crippen molar-refractivity contribution >= 4 is 17.8 Å². The third-order valence-electron chi connectivity index (χ3n) is 5.09. The van der Waals surface area contributed by atoms with Gasteiger partial charge in [0.1, 0.15) is 17.3 Å². The lowest BCUT2D eigenvalue weighted by atomic mass is 10.1. The first-order valence-electron chi connectivity index (χ1n) is 11.2. The van der Waals surface area contributed by atoms with E-state index < -0.39 is 11.7 Å².